The van der Waals surface area contributed by atoms with Crippen molar-refractivity contribution in [3.8, 4) is 11.5 Å². The van der Waals surface area contributed by atoms with Gasteiger partial charge in [0.15, 0.2) is 11.5 Å². The lowest BCUT2D eigenvalue weighted by atomic mass is 10.1. The van der Waals surface area contributed by atoms with E-state index < -0.39 is 10.0 Å². The number of fused-ring (bicyclic) bond motifs is 1. The van der Waals surface area contributed by atoms with Gasteiger partial charge in [-0.05, 0) is 30.7 Å². The molecule has 1 fully saturated rings. The van der Waals surface area contributed by atoms with E-state index in [1.54, 1.807) is 24.5 Å². The Bertz CT molecular complexity index is 800. The van der Waals surface area contributed by atoms with Gasteiger partial charge in [0.25, 0.3) is 0 Å². The summed E-state index contributed by atoms with van der Waals surface area (Å²) in [4.78, 5) is 0.238. The highest BCUT2D eigenvalue weighted by atomic mass is 32.2. The Morgan fingerprint density at radius 2 is 1.91 bits per heavy atom. The van der Waals surface area contributed by atoms with E-state index in [4.69, 9.17) is 13.9 Å². The maximum Gasteiger partial charge on any atom is 0.243 e. The molecule has 2 aromatic rings. The van der Waals surface area contributed by atoms with E-state index in [0.29, 0.717) is 37.8 Å². The van der Waals surface area contributed by atoms with Crippen LogP contribution in [0.5, 0.6) is 11.5 Å². The molecule has 2 aliphatic rings. The molecule has 7 heteroatoms. The van der Waals surface area contributed by atoms with Gasteiger partial charge in [-0.25, -0.2) is 8.42 Å². The fourth-order valence-electron chi connectivity index (χ4n) is 3.04. The average Bonchev–Trinajstić information content (AvgIpc) is 3.25. The van der Waals surface area contributed by atoms with Crippen molar-refractivity contribution < 1.29 is 22.3 Å². The molecule has 0 radical (unpaired) electrons. The van der Waals surface area contributed by atoms with Gasteiger partial charge in [0.05, 0.1) is 11.2 Å². The summed E-state index contributed by atoms with van der Waals surface area (Å²) >= 11 is 0. The molecule has 1 atom stereocenters. The molecule has 1 aromatic heterocycles. The molecule has 4 rings (SSSR count). The number of rotatable bonds is 3. The van der Waals surface area contributed by atoms with Gasteiger partial charge in [0.2, 0.25) is 10.0 Å². The topological polar surface area (TPSA) is 69.0 Å². The Hall–Kier alpha value is -1.99. The lowest BCUT2D eigenvalue weighted by Crippen LogP contribution is -2.28. The van der Waals surface area contributed by atoms with Crippen LogP contribution in [0.25, 0.3) is 0 Å². The van der Waals surface area contributed by atoms with Crippen LogP contribution < -0.4 is 9.47 Å². The Morgan fingerprint density at radius 3 is 2.70 bits per heavy atom. The van der Waals surface area contributed by atoms with Gasteiger partial charge >= 0.3 is 0 Å². The molecule has 122 valence electrons. The first kappa shape index (κ1) is 14.6. The van der Waals surface area contributed by atoms with Crippen molar-refractivity contribution in [2.24, 2.45) is 0 Å². The predicted octanol–water partition coefficient (Wildman–Crippen LogP) is 2.23. The van der Waals surface area contributed by atoms with Gasteiger partial charge in [0, 0.05) is 25.1 Å². The fourth-order valence-corrected chi connectivity index (χ4v) is 4.55. The molecule has 23 heavy (non-hydrogen) atoms. The summed E-state index contributed by atoms with van der Waals surface area (Å²) in [6.45, 7) is 1.84. The van der Waals surface area contributed by atoms with Crippen LogP contribution in [0.15, 0.2) is 45.9 Å². The second-order valence-electron chi connectivity index (χ2n) is 5.67. The highest BCUT2D eigenvalue weighted by Gasteiger charge is 2.34. The molecular weight excluding hydrogens is 318 g/mol. The summed E-state index contributed by atoms with van der Waals surface area (Å²) in [6.07, 6.45) is 2.38. The fraction of sp³-hybridized carbons (Fsp3) is 0.375. The Labute approximate surface area is 134 Å². The first-order chi connectivity index (χ1) is 11.1. The summed E-state index contributed by atoms with van der Waals surface area (Å²) in [7, 11) is -3.54. The summed E-state index contributed by atoms with van der Waals surface area (Å²) in [5.74, 6) is 2.02. The number of nitrogens with zero attached hydrogens (tertiary/aromatic N) is 1. The zero-order chi connectivity index (χ0) is 15.9. The maximum absolute atomic E-state index is 12.8. The highest BCUT2D eigenvalue weighted by molar-refractivity contribution is 7.89. The first-order valence-electron chi connectivity index (χ1n) is 7.58. The van der Waals surface area contributed by atoms with Crippen LogP contribution in [0.1, 0.15) is 18.1 Å². The van der Waals surface area contributed by atoms with Gasteiger partial charge < -0.3 is 13.9 Å². The largest absolute Gasteiger partial charge is 0.486 e. The van der Waals surface area contributed by atoms with E-state index in [0.717, 1.165) is 12.2 Å². The standard InChI is InChI=1S/C16H17NO5S/c18-23(19,13-3-4-15-16(10-13)22-9-8-21-15)17-6-5-12(11-17)14-2-1-7-20-14/h1-4,7,10,12H,5-6,8-9,11H2. The molecule has 6 nitrogen and oxygen atoms in total. The Balaban J connectivity index is 1.58. The molecule has 0 N–H and O–H groups in total. The smallest absolute Gasteiger partial charge is 0.243 e. The molecule has 1 saturated heterocycles. The molecule has 0 aliphatic carbocycles. The number of sulfonamides is 1. The van der Waals surface area contributed by atoms with Crippen molar-refractivity contribution in [3.63, 3.8) is 0 Å². The first-order valence-corrected chi connectivity index (χ1v) is 9.02. The molecule has 0 saturated carbocycles. The van der Waals surface area contributed by atoms with Crippen LogP contribution in [0.3, 0.4) is 0 Å². The SMILES string of the molecule is O=S(=O)(c1ccc2c(c1)OCCO2)N1CCC(c2ccco2)C1. The molecule has 0 bridgehead atoms. The summed E-state index contributed by atoms with van der Waals surface area (Å²) in [6, 6.07) is 8.49. The van der Waals surface area contributed by atoms with Crippen molar-refractivity contribution >= 4 is 10.0 Å². The third-order valence-corrected chi connectivity index (χ3v) is 6.11. The molecule has 0 amide bonds. The number of benzene rings is 1. The minimum absolute atomic E-state index is 0.108. The van der Waals surface area contributed by atoms with Crippen LogP contribution in [0.2, 0.25) is 0 Å². The van der Waals surface area contributed by atoms with Crippen molar-refractivity contribution in [1.82, 2.24) is 4.31 Å². The zero-order valence-corrected chi connectivity index (χ0v) is 13.3. The minimum atomic E-state index is -3.54. The second-order valence-corrected chi connectivity index (χ2v) is 7.61. The number of hydrogen-bond acceptors (Lipinski definition) is 5. The van der Waals surface area contributed by atoms with Crippen LogP contribution in [0, 0.1) is 0 Å². The van der Waals surface area contributed by atoms with Gasteiger partial charge in [-0.3, -0.25) is 0 Å². The van der Waals surface area contributed by atoms with Crippen LogP contribution in [0.4, 0.5) is 0 Å². The summed E-state index contributed by atoms with van der Waals surface area (Å²) in [5.41, 5.74) is 0. The Kier molecular flexibility index (Phi) is 3.54. The molecule has 2 aliphatic heterocycles. The van der Waals surface area contributed by atoms with Gasteiger partial charge in [0.1, 0.15) is 19.0 Å². The van der Waals surface area contributed by atoms with Gasteiger partial charge in [-0.2, -0.15) is 4.31 Å². The summed E-state index contributed by atoms with van der Waals surface area (Å²) in [5, 5.41) is 0. The van der Waals surface area contributed by atoms with Crippen LogP contribution in [-0.2, 0) is 10.0 Å². The highest BCUT2D eigenvalue weighted by Crippen LogP contribution is 2.35. The number of hydrogen-bond donors (Lipinski definition) is 0. The molecular formula is C16H17NO5S. The number of ether oxygens (including phenoxy) is 2. The minimum Gasteiger partial charge on any atom is -0.486 e. The van der Waals surface area contributed by atoms with Gasteiger partial charge in [-0.15, -0.1) is 0 Å². The molecule has 0 spiro atoms. The van der Waals surface area contributed by atoms with E-state index in [1.807, 2.05) is 12.1 Å². The maximum atomic E-state index is 12.8. The van der Waals surface area contributed by atoms with E-state index in [9.17, 15) is 8.42 Å². The molecule has 1 unspecified atom stereocenters. The third-order valence-electron chi connectivity index (χ3n) is 4.25. The lowest BCUT2D eigenvalue weighted by molar-refractivity contribution is 0.171. The normalized spacial score (nSPS) is 21.5. The van der Waals surface area contributed by atoms with Crippen molar-refractivity contribution in [3.05, 3.63) is 42.4 Å². The van der Waals surface area contributed by atoms with Crippen molar-refractivity contribution in [2.45, 2.75) is 17.2 Å². The Morgan fingerprint density at radius 1 is 1.09 bits per heavy atom. The number of furan rings is 1. The monoisotopic (exact) mass is 335 g/mol. The quantitative estimate of drug-likeness (QED) is 0.860. The zero-order valence-electron chi connectivity index (χ0n) is 12.5. The van der Waals surface area contributed by atoms with E-state index in [1.165, 1.54) is 4.31 Å². The van der Waals surface area contributed by atoms with E-state index >= 15 is 0 Å². The lowest BCUT2D eigenvalue weighted by Gasteiger charge is -2.21. The van der Waals surface area contributed by atoms with Crippen LogP contribution in [-0.4, -0.2) is 39.0 Å². The summed E-state index contributed by atoms with van der Waals surface area (Å²) < 4.78 is 43.5. The average molecular weight is 335 g/mol. The van der Waals surface area contributed by atoms with E-state index in [2.05, 4.69) is 0 Å². The third kappa shape index (κ3) is 2.60. The van der Waals surface area contributed by atoms with E-state index in [-0.39, 0.29) is 10.8 Å². The van der Waals surface area contributed by atoms with Crippen molar-refractivity contribution in [2.75, 3.05) is 26.3 Å². The van der Waals surface area contributed by atoms with Crippen molar-refractivity contribution in [1.29, 1.82) is 0 Å². The van der Waals surface area contributed by atoms with Crippen LogP contribution >= 0.6 is 0 Å². The second kappa shape index (κ2) is 5.58. The van der Waals surface area contributed by atoms with Gasteiger partial charge in [-0.1, -0.05) is 0 Å². The molecule has 1 aromatic carbocycles. The molecule has 3 heterocycles. The predicted molar refractivity (Wildman–Crippen MR) is 82.3 cm³/mol.